The summed E-state index contributed by atoms with van der Waals surface area (Å²) in [5.41, 5.74) is 1.50. The third-order valence-electron chi connectivity index (χ3n) is 5.65. The summed E-state index contributed by atoms with van der Waals surface area (Å²) >= 11 is 0. The van der Waals surface area contributed by atoms with Crippen molar-refractivity contribution in [2.75, 3.05) is 26.2 Å². The van der Waals surface area contributed by atoms with Crippen molar-refractivity contribution in [2.24, 2.45) is 0 Å². The highest BCUT2D eigenvalue weighted by atomic mass is 19.1. The lowest BCUT2D eigenvalue weighted by Crippen LogP contribution is -2.35. The molecule has 2 heterocycles. The number of hydrogen-bond donors (Lipinski definition) is 0. The Morgan fingerprint density at radius 1 is 0.903 bits per heavy atom. The Balaban J connectivity index is 1.27. The number of halogens is 2. The maximum atomic E-state index is 13.9. The zero-order valence-corrected chi connectivity index (χ0v) is 17.4. The molecule has 0 radical (unpaired) electrons. The van der Waals surface area contributed by atoms with Crippen LogP contribution in [0.5, 0.6) is 0 Å². The highest BCUT2D eigenvalue weighted by Crippen LogP contribution is 2.25. The fourth-order valence-electron chi connectivity index (χ4n) is 3.93. The van der Waals surface area contributed by atoms with Gasteiger partial charge in [0.2, 0.25) is 5.91 Å². The molecule has 1 aromatic heterocycles. The van der Waals surface area contributed by atoms with Crippen molar-refractivity contribution < 1.29 is 18.0 Å². The maximum Gasteiger partial charge on any atom is 0.223 e. The molecule has 0 saturated carbocycles. The molecule has 1 saturated heterocycles. The average molecular weight is 424 g/mol. The number of nitrogens with zero attached hydrogens (tertiary/aromatic N) is 2. The Kier molecular flexibility index (Phi) is 6.77. The van der Waals surface area contributed by atoms with E-state index in [1.165, 1.54) is 18.2 Å². The van der Waals surface area contributed by atoms with E-state index < -0.39 is 0 Å². The van der Waals surface area contributed by atoms with Crippen LogP contribution in [0.25, 0.3) is 11.3 Å². The first-order chi connectivity index (χ1) is 15.1. The van der Waals surface area contributed by atoms with E-state index in [1.54, 1.807) is 24.3 Å². The molecule has 4 nitrogen and oxygen atoms in total. The van der Waals surface area contributed by atoms with Gasteiger partial charge in [-0.2, -0.15) is 0 Å². The minimum absolute atomic E-state index is 0.104. The first kappa shape index (κ1) is 21.2. The summed E-state index contributed by atoms with van der Waals surface area (Å²) in [6.07, 6.45) is 1.76. The van der Waals surface area contributed by atoms with Gasteiger partial charge in [-0.25, -0.2) is 8.78 Å². The van der Waals surface area contributed by atoms with E-state index >= 15 is 0 Å². The van der Waals surface area contributed by atoms with Crippen LogP contribution >= 0.6 is 0 Å². The van der Waals surface area contributed by atoms with Gasteiger partial charge in [-0.15, -0.1) is 0 Å². The zero-order valence-electron chi connectivity index (χ0n) is 17.4. The van der Waals surface area contributed by atoms with Crippen LogP contribution in [-0.2, 0) is 17.8 Å². The number of rotatable bonds is 6. The number of carbonyl (C=O) groups excluding carboxylic acids is 1. The summed E-state index contributed by atoms with van der Waals surface area (Å²) in [5, 5.41) is 0. The van der Waals surface area contributed by atoms with Crippen molar-refractivity contribution in [1.29, 1.82) is 0 Å². The van der Waals surface area contributed by atoms with Crippen LogP contribution in [0.15, 0.2) is 65.1 Å². The Bertz CT molecular complexity index is 1020. The second kappa shape index (κ2) is 9.88. The van der Waals surface area contributed by atoms with Gasteiger partial charge in [0, 0.05) is 45.6 Å². The van der Waals surface area contributed by atoms with Gasteiger partial charge >= 0.3 is 0 Å². The van der Waals surface area contributed by atoms with E-state index in [0.717, 1.165) is 38.2 Å². The molecule has 1 aliphatic rings. The molecule has 1 fully saturated rings. The van der Waals surface area contributed by atoms with E-state index in [2.05, 4.69) is 4.90 Å². The Labute approximate surface area is 181 Å². The van der Waals surface area contributed by atoms with Crippen molar-refractivity contribution in [2.45, 2.75) is 25.8 Å². The number of aryl methyl sites for hydroxylation is 1. The van der Waals surface area contributed by atoms with Gasteiger partial charge < -0.3 is 9.32 Å². The van der Waals surface area contributed by atoms with Crippen molar-refractivity contribution in [3.8, 4) is 11.3 Å². The summed E-state index contributed by atoms with van der Waals surface area (Å²) in [5.74, 6) is 0.710. The SMILES string of the molecule is O=C(CCc1ccc(-c2ccccc2F)o1)N1CCCN(Cc2ccc(F)cc2)CC1. The molecule has 162 valence electrons. The lowest BCUT2D eigenvalue weighted by Gasteiger charge is -2.22. The van der Waals surface area contributed by atoms with Gasteiger partial charge in [0.1, 0.15) is 23.2 Å². The predicted molar refractivity (Wildman–Crippen MR) is 115 cm³/mol. The number of carbonyl (C=O) groups is 1. The molecule has 2 aromatic carbocycles. The average Bonchev–Trinajstić information content (AvgIpc) is 3.12. The first-order valence-electron chi connectivity index (χ1n) is 10.7. The monoisotopic (exact) mass is 424 g/mol. The maximum absolute atomic E-state index is 13.9. The van der Waals surface area contributed by atoms with E-state index in [-0.39, 0.29) is 17.5 Å². The predicted octanol–water partition coefficient (Wildman–Crippen LogP) is 4.89. The molecular formula is C25H26F2N2O2. The number of benzene rings is 2. The summed E-state index contributed by atoms with van der Waals surface area (Å²) in [7, 11) is 0. The third kappa shape index (κ3) is 5.58. The van der Waals surface area contributed by atoms with Gasteiger partial charge in [0.15, 0.2) is 0 Å². The molecule has 31 heavy (non-hydrogen) atoms. The van der Waals surface area contributed by atoms with Gasteiger partial charge in [-0.3, -0.25) is 9.69 Å². The van der Waals surface area contributed by atoms with Crippen LogP contribution in [0, 0.1) is 11.6 Å². The number of furan rings is 1. The molecule has 0 unspecified atom stereocenters. The van der Waals surface area contributed by atoms with Gasteiger partial charge in [-0.05, 0) is 48.4 Å². The lowest BCUT2D eigenvalue weighted by atomic mass is 10.1. The van der Waals surface area contributed by atoms with E-state index in [9.17, 15) is 13.6 Å². The molecular weight excluding hydrogens is 398 g/mol. The second-order valence-electron chi connectivity index (χ2n) is 7.88. The van der Waals surface area contributed by atoms with Crippen LogP contribution in [0.4, 0.5) is 8.78 Å². The summed E-state index contributed by atoms with van der Waals surface area (Å²) < 4.78 is 32.8. The summed E-state index contributed by atoms with van der Waals surface area (Å²) in [6.45, 7) is 3.87. The Hall–Kier alpha value is -2.99. The Morgan fingerprint density at radius 2 is 1.71 bits per heavy atom. The van der Waals surface area contributed by atoms with E-state index in [0.29, 0.717) is 36.5 Å². The van der Waals surface area contributed by atoms with Crippen LogP contribution in [0.2, 0.25) is 0 Å². The number of amides is 1. The quantitative estimate of drug-likeness (QED) is 0.565. The standard InChI is InChI=1S/C25H26F2N2O2/c26-20-8-6-19(7-9-20)18-28-14-3-15-29(17-16-28)25(30)13-11-21-10-12-24(31-21)22-4-1-2-5-23(22)27/h1-2,4-10,12H,3,11,13-18H2. The minimum atomic E-state index is -0.325. The van der Waals surface area contributed by atoms with E-state index in [1.807, 2.05) is 23.1 Å². The lowest BCUT2D eigenvalue weighted by molar-refractivity contribution is -0.131. The highest BCUT2D eigenvalue weighted by Gasteiger charge is 2.20. The van der Waals surface area contributed by atoms with Crippen molar-refractivity contribution in [1.82, 2.24) is 9.80 Å². The zero-order chi connectivity index (χ0) is 21.6. The third-order valence-corrected chi connectivity index (χ3v) is 5.65. The van der Waals surface area contributed by atoms with Crippen LogP contribution in [-0.4, -0.2) is 41.9 Å². The fraction of sp³-hybridized carbons (Fsp3) is 0.320. The molecule has 4 rings (SSSR count). The minimum Gasteiger partial charge on any atom is -0.461 e. The van der Waals surface area contributed by atoms with E-state index in [4.69, 9.17) is 4.42 Å². The molecule has 6 heteroatoms. The van der Waals surface area contributed by atoms with Crippen molar-refractivity contribution >= 4 is 5.91 Å². The largest absolute Gasteiger partial charge is 0.461 e. The number of hydrogen-bond acceptors (Lipinski definition) is 3. The van der Waals surface area contributed by atoms with Crippen LogP contribution < -0.4 is 0 Å². The van der Waals surface area contributed by atoms with Crippen molar-refractivity contribution in [3.05, 3.63) is 83.6 Å². The van der Waals surface area contributed by atoms with Crippen LogP contribution in [0.1, 0.15) is 24.2 Å². The van der Waals surface area contributed by atoms with Gasteiger partial charge in [0.05, 0.1) is 5.56 Å². The second-order valence-corrected chi connectivity index (χ2v) is 7.88. The van der Waals surface area contributed by atoms with Crippen LogP contribution in [0.3, 0.4) is 0 Å². The topological polar surface area (TPSA) is 36.7 Å². The molecule has 0 atom stereocenters. The first-order valence-corrected chi connectivity index (χ1v) is 10.7. The normalized spacial score (nSPS) is 15.1. The summed E-state index contributed by atoms with van der Waals surface area (Å²) in [6, 6.07) is 16.6. The molecule has 0 aliphatic carbocycles. The van der Waals surface area contributed by atoms with Gasteiger partial charge in [-0.1, -0.05) is 24.3 Å². The molecule has 0 bridgehead atoms. The Morgan fingerprint density at radius 3 is 2.52 bits per heavy atom. The molecule has 0 spiro atoms. The fourth-order valence-corrected chi connectivity index (χ4v) is 3.93. The highest BCUT2D eigenvalue weighted by molar-refractivity contribution is 5.76. The summed E-state index contributed by atoms with van der Waals surface area (Å²) in [4.78, 5) is 16.9. The molecule has 1 aliphatic heterocycles. The van der Waals surface area contributed by atoms with Crippen molar-refractivity contribution in [3.63, 3.8) is 0 Å². The molecule has 0 N–H and O–H groups in total. The smallest absolute Gasteiger partial charge is 0.223 e. The molecule has 3 aromatic rings. The van der Waals surface area contributed by atoms with Gasteiger partial charge in [0.25, 0.3) is 0 Å². The molecule has 1 amide bonds.